The fraction of sp³-hybridized carbons (Fsp3) is 0.526. The highest BCUT2D eigenvalue weighted by atomic mass is 32.2. The highest BCUT2D eigenvalue weighted by molar-refractivity contribution is 7.91. The number of hydrogen-bond donors (Lipinski definition) is 0. The summed E-state index contributed by atoms with van der Waals surface area (Å²) in [6.45, 7) is 9.45. The Kier molecular flexibility index (Phi) is 6.41. The summed E-state index contributed by atoms with van der Waals surface area (Å²) < 4.78 is 31.8. The van der Waals surface area contributed by atoms with Crippen molar-refractivity contribution in [3.63, 3.8) is 0 Å². The lowest BCUT2D eigenvalue weighted by molar-refractivity contribution is 0.250. The van der Waals surface area contributed by atoms with Gasteiger partial charge in [0.05, 0.1) is 29.0 Å². The molecule has 2 rings (SSSR count). The highest BCUT2D eigenvalue weighted by Gasteiger charge is 2.20. The van der Waals surface area contributed by atoms with Gasteiger partial charge < -0.3 is 9.30 Å². The van der Waals surface area contributed by atoms with E-state index in [-0.39, 0.29) is 23.2 Å². The number of pyridine rings is 1. The number of nitrogens with zero attached hydrogens (tertiary/aromatic N) is 3. The first-order valence-electron chi connectivity index (χ1n) is 8.89. The number of aryl methyl sites for hydroxylation is 2. The number of hydrogen-bond acceptors (Lipinski definition) is 6. The molecule has 0 aliphatic carbocycles. The maximum absolute atomic E-state index is 12.3. The molecule has 0 saturated heterocycles. The lowest BCUT2D eigenvalue weighted by atomic mass is 10.1. The first kappa shape index (κ1) is 21.1. The van der Waals surface area contributed by atoms with Crippen LogP contribution in [-0.2, 0) is 22.6 Å². The van der Waals surface area contributed by atoms with E-state index in [2.05, 4.69) is 9.97 Å². The van der Waals surface area contributed by atoms with Crippen LogP contribution >= 0.6 is 0 Å². The van der Waals surface area contributed by atoms with Crippen LogP contribution in [0.3, 0.4) is 0 Å². The van der Waals surface area contributed by atoms with Crippen LogP contribution in [0.5, 0.6) is 6.01 Å². The Morgan fingerprint density at radius 2 is 1.81 bits per heavy atom. The zero-order valence-corrected chi connectivity index (χ0v) is 17.5. The van der Waals surface area contributed by atoms with E-state index in [1.165, 1.54) is 4.57 Å². The summed E-state index contributed by atoms with van der Waals surface area (Å²) in [7, 11) is -1.66. The number of rotatable bonds is 7. The van der Waals surface area contributed by atoms with Crippen LogP contribution in [0.4, 0.5) is 0 Å². The Labute approximate surface area is 160 Å². The molecular formula is C19H27N3O4S. The van der Waals surface area contributed by atoms with Crippen molar-refractivity contribution < 1.29 is 13.2 Å². The largest absolute Gasteiger partial charge is 0.463 e. The maximum Gasteiger partial charge on any atom is 0.317 e. The van der Waals surface area contributed by atoms with Crippen molar-refractivity contribution in [3.8, 4) is 17.3 Å². The third-order valence-corrected chi connectivity index (χ3v) is 6.16. The molecule has 148 valence electrons. The van der Waals surface area contributed by atoms with E-state index >= 15 is 0 Å². The van der Waals surface area contributed by atoms with Gasteiger partial charge in [0.25, 0.3) is 5.56 Å². The molecule has 0 aliphatic rings. The van der Waals surface area contributed by atoms with Crippen molar-refractivity contribution in [2.45, 2.75) is 45.6 Å². The average Bonchev–Trinajstić information content (AvgIpc) is 2.56. The van der Waals surface area contributed by atoms with Crippen LogP contribution in [0.1, 0.15) is 39.0 Å². The molecule has 0 aliphatic heterocycles. The lowest BCUT2D eigenvalue weighted by Gasteiger charge is -2.13. The van der Waals surface area contributed by atoms with Gasteiger partial charge in [-0.15, -0.1) is 0 Å². The molecule has 2 aromatic heterocycles. The molecule has 7 nitrogen and oxygen atoms in total. The number of aromatic nitrogens is 3. The molecule has 0 saturated carbocycles. The van der Waals surface area contributed by atoms with E-state index in [9.17, 15) is 13.2 Å². The summed E-state index contributed by atoms with van der Waals surface area (Å²) >= 11 is 0. The van der Waals surface area contributed by atoms with Gasteiger partial charge in [-0.1, -0.05) is 13.8 Å². The summed E-state index contributed by atoms with van der Waals surface area (Å²) in [6.07, 6.45) is 1.67. The van der Waals surface area contributed by atoms with Crippen molar-refractivity contribution in [2.24, 2.45) is 13.0 Å². The van der Waals surface area contributed by atoms with E-state index in [4.69, 9.17) is 4.74 Å². The van der Waals surface area contributed by atoms with Gasteiger partial charge in [0.1, 0.15) is 0 Å². The minimum Gasteiger partial charge on any atom is -0.463 e. The molecule has 27 heavy (non-hydrogen) atoms. The van der Waals surface area contributed by atoms with E-state index in [1.54, 1.807) is 46.1 Å². The van der Waals surface area contributed by atoms with Crippen molar-refractivity contribution in [2.75, 3.05) is 6.61 Å². The van der Waals surface area contributed by atoms with Crippen LogP contribution in [-0.4, -0.2) is 34.8 Å². The summed E-state index contributed by atoms with van der Waals surface area (Å²) in [4.78, 5) is 20.7. The summed E-state index contributed by atoms with van der Waals surface area (Å²) in [5.41, 5.74) is 2.09. The summed E-state index contributed by atoms with van der Waals surface area (Å²) in [6, 6.07) is 3.51. The SMILES string of the molecule is Cc1cc(-c2cc(CS(=O)(=O)C(C)C)nc(OCC(C)C)n2)cn(C)c1=O. The first-order valence-corrected chi connectivity index (χ1v) is 10.6. The Morgan fingerprint density at radius 3 is 2.37 bits per heavy atom. The highest BCUT2D eigenvalue weighted by Crippen LogP contribution is 2.22. The molecule has 0 amide bonds. The molecular weight excluding hydrogens is 366 g/mol. The number of sulfone groups is 1. The smallest absolute Gasteiger partial charge is 0.317 e. The van der Waals surface area contributed by atoms with Crippen LogP contribution in [0.2, 0.25) is 0 Å². The zero-order chi connectivity index (χ0) is 20.4. The topological polar surface area (TPSA) is 91.2 Å². The fourth-order valence-electron chi connectivity index (χ4n) is 2.39. The van der Waals surface area contributed by atoms with Gasteiger partial charge in [0, 0.05) is 24.4 Å². The molecule has 2 aromatic rings. The van der Waals surface area contributed by atoms with Gasteiger partial charge in [0.15, 0.2) is 9.84 Å². The normalized spacial score (nSPS) is 12.0. The molecule has 0 atom stereocenters. The minimum absolute atomic E-state index is 0.0910. The van der Waals surface area contributed by atoms with E-state index in [1.807, 2.05) is 13.8 Å². The second-order valence-corrected chi connectivity index (χ2v) is 9.97. The molecule has 0 radical (unpaired) electrons. The number of ether oxygens (including phenoxy) is 1. The van der Waals surface area contributed by atoms with Gasteiger partial charge in [-0.05, 0) is 38.8 Å². The minimum atomic E-state index is -3.32. The van der Waals surface area contributed by atoms with Crippen LogP contribution < -0.4 is 10.3 Å². The molecule has 0 N–H and O–H groups in total. The molecule has 8 heteroatoms. The van der Waals surface area contributed by atoms with Crippen LogP contribution in [0.25, 0.3) is 11.3 Å². The molecule has 0 fully saturated rings. The van der Waals surface area contributed by atoms with Gasteiger partial charge in [-0.3, -0.25) is 4.79 Å². The average molecular weight is 394 g/mol. The fourth-order valence-corrected chi connectivity index (χ4v) is 3.28. The predicted octanol–water partition coefficient (Wildman–Crippen LogP) is 2.51. The van der Waals surface area contributed by atoms with E-state index in [0.717, 1.165) is 0 Å². The monoisotopic (exact) mass is 393 g/mol. The maximum atomic E-state index is 12.3. The molecule has 0 bridgehead atoms. The van der Waals surface area contributed by atoms with Gasteiger partial charge in [-0.2, -0.15) is 9.97 Å². The van der Waals surface area contributed by atoms with Crippen molar-refractivity contribution >= 4 is 9.84 Å². The van der Waals surface area contributed by atoms with E-state index in [0.29, 0.717) is 29.1 Å². The Balaban J connectivity index is 2.54. The van der Waals surface area contributed by atoms with Gasteiger partial charge in [-0.25, -0.2) is 8.42 Å². The zero-order valence-electron chi connectivity index (χ0n) is 16.7. The van der Waals surface area contributed by atoms with Crippen molar-refractivity contribution in [3.05, 3.63) is 39.9 Å². The second kappa shape index (κ2) is 8.21. The molecule has 2 heterocycles. The van der Waals surface area contributed by atoms with Gasteiger partial charge in [0.2, 0.25) is 0 Å². The summed E-state index contributed by atoms with van der Waals surface area (Å²) in [5, 5.41) is -0.504. The van der Waals surface area contributed by atoms with Gasteiger partial charge >= 0.3 is 6.01 Å². The van der Waals surface area contributed by atoms with Crippen molar-refractivity contribution in [1.82, 2.24) is 14.5 Å². The second-order valence-electron chi connectivity index (χ2n) is 7.42. The Bertz CT molecular complexity index is 953. The van der Waals surface area contributed by atoms with Crippen LogP contribution in [0, 0.1) is 12.8 Å². The summed E-state index contributed by atoms with van der Waals surface area (Å²) in [5.74, 6) is 0.0862. The third-order valence-electron chi connectivity index (χ3n) is 4.03. The van der Waals surface area contributed by atoms with Crippen molar-refractivity contribution in [1.29, 1.82) is 0 Å². The standard InChI is InChI=1S/C19H27N3O4S/c1-12(2)10-26-19-20-16(11-27(24,25)13(3)4)8-17(21-19)15-7-14(5)18(23)22(6)9-15/h7-9,12-13H,10-11H2,1-6H3. The molecule has 0 spiro atoms. The Morgan fingerprint density at radius 1 is 1.15 bits per heavy atom. The van der Waals surface area contributed by atoms with Crippen LogP contribution in [0.15, 0.2) is 23.1 Å². The quantitative estimate of drug-likeness (QED) is 0.718. The molecule has 0 aromatic carbocycles. The van der Waals surface area contributed by atoms with E-state index < -0.39 is 15.1 Å². The first-order chi connectivity index (χ1) is 12.5. The molecule has 0 unspecified atom stereocenters. The predicted molar refractivity (Wildman–Crippen MR) is 106 cm³/mol. The Hall–Kier alpha value is -2.22. The lowest BCUT2D eigenvalue weighted by Crippen LogP contribution is -2.19. The third kappa shape index (κ3) is 5.38.